The lowest BCUT2D eigenvalue weighted by Gasteiger charge is -2.26. The molecule has 1 saturated heterocycles. The van der Waals surface area contributed by atoms with Crippen molar-refractivity contribution in [2.24, 2.45) is 0 Å². The average molecular weight is 267 g/mol. The van der Waals surface area contributed by atoms with Gasteiger partial charge >= 0.3 is 0 Å². The normalized spacial score (nSPS) is 17.6. The maximum atomic E-state index is 4.67. The van der Waals surface area contributed by atoms with E-state index in [1.54, 1.807) is 0 Å². The van der Waals surface area contributed by atoms with Gasteiger partial charge < -0.3 is 10.2 Å². The summed E-state index contributed by atoms with van der Waals surface area (Å²) in [6.45, 7) is 12.6. The molecule has 0 spiro atoms. The Bertz CT molecular complexity index is 367. The van der Waals surface area contributed by atoms with Gasteiger partial charge in [-0.15, -0.1) is 11.3 Å². The molecule has 0 amide bonds. The zero-order chi connectivity index (χ0) is 13.0. The van der Waals surface area contributed by atoms with Gasteiger partial charge in [-0.3, -0.25) is 0 Å². The first-order valence-electron chi connectivity index (χ1n) is 7.06. The highest BCUT2D eigenvalue weighted by Gasteiger charge is 2.12. The van der Waals surface area contributed by atoms with Crippen LogP contribution in [-0.4, -0.2) is 42.6 Å². The lowest BCUT2D eigenvalue weighted by atomic mass is 10.2. The second-order valence-corrected chi connectivity index (χ2v) is 6.53. The molecule has 1 aliphatic heterocycles. The Morgan fingerprint density at radius 3 is 2.67 bits per heavy atom. The molecule has 3 nitrogen and oxygen atoms in total. The Morgan fingerprint density at radius 2 is 2.06 bits per heavy atom. The van der Waals surface area contributed by atoms with Gasteiger partial charge in [0.05, 0.1) is 10.7 Å². The predicted octanol–water partition coefficient (Wildman–Crippen LogP) is 2.41. The Labute approximate surface area is 115 Å². The molecule has 18 heavy (non-hydrogen) atoms. The predicted molar refractivity (Wildman–Crippen MR) is 78.6 cm³/mol. The van der Waals surface area contributed by atoms with Gasteiger partial charge in [-0.05, 0) is 26.3 Å². The molecule has 1 N–H and O–H groups in total. The van der Waals surface area contributed by atoms with Crippen LogP contribution in [0.4, 0.5) is 0 Å². The van der Waals surface area contributed by atoms with E-state index < -0.39 is 0 Å². The molecule has 0 aromatic carbocycles. The topological polar surface area (TPSA) is 28.2 Å². The van der Waals surface area contributed by atoms with Crippen LogP contribution in [0.5, 0.6) is 0 Å². The minimum atomic E-state index is 0.565. The number of nitrogens with one attached hydrogen (secondary N) is 1. The van der Waals surface area contributed by atoms with E-state index in [1.165, 1.54) is 48.1 Å². The van der Waals surface area contributed by atoms with E-state index in [2.05, 4.69) is 36.0 Å². The van der Waals surface area contributed by atoms with E-state index in [-0.39, 0.29) is 0 Å². The van der Waals surface area contributed by atoms with E-state index in [4.69, 9.17) is 0 Å². The molecule has 2 rings (SSSR count). The van der Waals surface area contributed by atoms with Crippen LogP contribution in [-0.2, 0) is 6.42 Å². The van der Waals surface area contributed by atoms with Gasteiger partial charge in [0, 0.05) is 37.0 Å². The van der Waals surface area contributed by atoms with E-state index in [9.17, 15) is 0 Å². The zero-order valence-electron chi connectivity index (χ0n) is 11.8. The summed E-state index contributed by atoms with van der Waals surface area (Å²) in [5.74, 6) is 0.565. The Morgan fingerprint density at radius 1 is 1.33 bits per heavy atom. The van der Waals surface area contributed by atoms with Crippen LogP contribution in [0.15, 0.2) is 0 Å². The third kappa shape index (κ3) is 3.77. The molecule has 2 heterocycles. The number of hydrogen-bond acceptors (Lipinski definition) is 4. The summed E-state index contributed by atoms with van der Waals surface area (Å²) < 4.78 is 0. The van der Waals surface area contributed by atoms with Crippen molar-refractivity contribution in [3.05, 3.63) is 15.6 Å². The van der Waals surface area contributed by atoms with Crippen LogP contribution < -0.4 is 5.32 Å². The molecule has 0 aliphatic carbocycles. The van der Waals surface area contributed by atoms with Crippen molar-refractivity contribution in [3.63, 3.8) is 0 Å². The molecular weight excluding hydrogens is 242 g/mol. The summed E-state index contributed by atoms with van der Waals surface area (Å²) in [5, 5.41) is 4.69. The molecule has 4 heteroatoms. The molecule has 1 aromatic heterocycles. The first-order chi connectivity index (χ1) is 8.66. The summed E-state index contributed by atoms with van der Waals surface area (Å²) >= 11 is 1.91. The maximum Gasteiger partial charge on any atom is 0.0956 e. The molecule has 0 saturated carbocycles. The van der Waals surface area contributed by atoms with E-state index in [1.807, 2.05) is 11.3 Å². The molecule has 1 aromatic rings. The summed E-state index contributed by atoms with van der Waals surface area (Å²) in [7, 11) is 0. The van der Waals surface area contributed by atoms with E-state index in [0.717, 1.165) is 13.1 Å². The highest BCUT2D eigenvalue weighted by atomic mass is 32.1. The molecule has 102 valence electrons. The second-order valence-electron chi connectivity index (χ2n) is 5.41. The molecule has 0 unspecified atom stereocenters. The van der Waals surface area contributed by atoms with Gasteiger partial charge in [-0.25, -0.2) is 4.98 Å². The maximum absolute atomic E-state index is 4.67. The fraction of sp³-hybridized carbons (Fsp3) is 0.786. The number of hydrogen-bond donors (Lipinski definition) is 1. The lowest BCUT2D eigenvalue weighted by Crippen LogP contribution is -2.43. The minimum Gasteiger partial charge on any atom is -0.314 e. The first kappa shape index (κ1) is 14.0. The SMILES string of the molecule is Cc1nc(C(C)C)sc1CCCN1CCNCC1. The molecule has 1 aliphatic rings. The Kier molecular flexibility index (Phi) is 5.15. The van der Waals surface area contributed by atoms with E-state index >= 15 is 0 Å². The summed E-state index contributed by atoms with van der Waals surface area (Å²) in [6.07, 6.45) is 2.46. The smallest absolute Gasteiger partial charge is 0.0956 e. The zero-order valence-corrected chi connectivity index (χ0v) is 12.6. The van der Waals surface area contributed by atoms with Gasteiger partial charge in [-0.2, -0.15) is 0 Å². The van der Waals surface area contributed by atoms with Crippen LogP contribution in [0.1, 0.15) is 41.8 Å². The van der Waals surface area contributed by atoms with Crippen LogP contribution in [0.25, 0.3) is 0 Å². The van der Waals surface area contributed by atoms with Crippen LogP contribution in [0, 0.1) is 6.92 Å². The molecule has 1 fully saturated rings. The van der Waals surface area contributed by atoms with Crippen molar-refractivity contribution < 1.29 is 0 Å². The lowest BCUT2D eigenvalue weighted by molar-refractivity contribution is 0.239. The number of thiazole rings is 1. The summed E-state index contributed by atoms with van der Waals surface area (Å²) in [5.41, 5.74) is 1.25. The van der Waals surface area contributed by atoms with Crippen LogP contribution in [0.3, 0.4) is 0 Å². The minimum absolute atomic E-state index is 0.565. The van der Waals surface area contributed by atoms with Gasteiger partial charge in [-0.1, -0.05) is 13.8 Å². The fourth-order valence-electron chi connectivity index (χ4n) is 2.33. The monoisotopic (exact) mass is 267 g/mol. The average Bonchev–Trinajstić information content (AvgIpc) is 2.73. The number of aryl methyl sites for hydroxylation is 2. The largest absolute Gasteiger partial charge is 0.314 e. The van der Waals surface area contributed by atoms with Gasteiger partial charge in [0.1, 0.15) is 0 Å². The third-order valence-corrected chi connectivity index (χ3v) is 5.01. The number of aromatic nitrogens is 1. The number of rotatable bonds is 5. The van der Waals surface area contributed by atoms with Crippen LogP contribution in [0.2, 0.25) is 0 Å². The summed E-state index contributed by atoms with van der Waals surface area (Å²) in [6, 6.07) is 0. The highest BCUT2D eigenvalue weighted by molar-refractivity contribution is 7.11. The van der Waals surface area contributed by atoms with Gasteiger partial charge in [0.2, 0.25) is 0 Å². The third-order valence-electron chi connectivity index (χ3n) is 3.49. The van der Waals surface area contributed by atoms with Crippen molar-refractivity contribution in [3.8, 4) is 0 Å². The van der Waals surface area contributed by atoms with Gasteiger partial charge in [0.25, 0.3) is 0 Å². The van der Waals surface area contributed by atoms with Crippen molar-refractivity contribution in [2.75, 3.05) is 32.7 Å². The van der Waals surface area contributed by atoms with Crippen LogP contribution >= 0.6 is 11.3 Å². The molecular formula is C14H25N3S. The first-order valence-corrected chi connectivity index (χ1v) is 7.87. The summed E-state index contributed by atoms with van der Waals surface area (Å²) in [4.78, 5) is 8.73. The van der Waals surface area contributed by atoms with Crippen molar-refractivity contribution >= 4 is 11.3 Å². The second kappa shape index (κ2) is 6.64. The Balaban J connectivity index is 1.78. The standard InChI is InChI=1S/C14H25N3S/c1-11(2)14-16-12(3)13(18-14)5-4-8-17-9-6-15-7-10-17/h11,15H,4-10H2,1-3H3. The highest BCUT2D eigenvalue weighted by Crippen LogP contribution is 2.25. The fourth-order valence-corrected chi connectivity index (χ4v) is 3.44. The number of nitrogens with zero attached hydrogens (tertiary/aromatic N) is 2. The van der Waals surface area contributed by atoms with Crippen molar-refractivity contribution in [1.29, 1.82) is 0 Å². The van der Waals surface area contributed by atoms with Gasteiger partial charge in [0.15, 0.2) is 0 Å². The van der Waals surface area contributed by atoms with Crippen molar-refractivity contribution in [1.82, 2.24) is 15.2 Å². The number of piperazine rings is 1. The quantitative estimate of drug-likeness (QED) is 0.888. The van der Waals surface area contributed by atoms with Crippen molar-refractivity contribution in [2.45, 2.75) is 39.5 Å². The Hall–Kier alpha value is -0.450. The molecule has 0 atom stereocenters. The molecule has 0 bridgehead atoms. The molecule has 0 radical (unpaired) electrons. The van der Waals surface area contributed by atoms with E-state index in [0.29, 0.717) is 5.92 Å².